The van der Waals surface area contributed by atoms with Gasteiger partial charge in [0, 0.05) is 21.2 Å². The molecule has 2 N–H and O–H groups in total. The van der Waals surface area contributed by atoms with Crippen LogP contribution < -0.4 is 5.73 Å². The maximum absolute atomic E-state index is 5.59. The number of hydrogen-bond acceptors (Lipinski definition) is 4. The number of nitrogens with zero attached hydrogens (tertiary/aromatic N) is 2. The molecule has 2 aromatic heterocycles. The van der Waals surface area contributed by atoms with Crippen molar-refractivity contribution in [2.24, 2.45) is 5.73 Å². The van der Waals surface area contributed by atoms with Crippen molar-refractivity contribution in [3.8, 4) is 10.7 Å². The SMILES string of the molecule is Cc1nc(-c2cc(Br)cs2)nc(C)c1CCN. The van der Waals surface area contributed by atoms with Gasteiger partial charge in [-0.2, -0.15) is 0 Å². The quantitative estimate of drug-likeness (QED) is 0.947. The Bertz CT molecular complexity index is 513. The Labute approximate surface area is 113 Å². The molecule has 2 rings (SSSR count). The average molecular weight is 312 g/mol. The Morgan fingerprint density at radius 1 is 1.29 bits per heavy atom. The zero-order valence-corrected chi connectivity index (χ0v) is 12.2. The van der Waals surface area contributed by atoms with E-state index in [9.17, 15) is 0 Å². The molecular weight excluding hydrogens is 298 g/mol. The molecule has 0 spiro atoms. The monoisotopic (exact) mass is 311 g/mol. The van der Waals surface area contributed by atoms with Gasteiger partial charge in [0.25, 0.3) is 0 Å². The second-order valence-electron chi connectivity index (χ2n) is 3.86. The molecule has 0 aliphatic rings. The highest BCUT2D eigenvalue weighted by atomic mass is 79.9. The molecule has 0 atom stereocenters. The highest BCUT2D eigenvalue weighted by molar-refractivity contribution is 9.10. The first-order valence-corrected chi connectivity index (χ1v) is 7.07. The van der Waals surface area contributed by atoms with E-state index in [1.54, 1.807) is 11.3 Å². The number of rotatable bonds is 3. The van der Waals surface area contributed by atoms with Crippen molar-refractivity contribution in [1.82, 2.24) is 9.97 Å². The summed E-state index contributed by atoms with van der Waals surface area (Å²) in [6.07, 6.45) is 0.839. The summed E-state index contributed by atoms with van der Waals surface area (Å²) in [6, 6.07) is 2.04. The van der Waals surface area contributed by atoms with E-state index in [1.807, 2.05) is 25.3 Å². The lowest BCUT2D eigenvalue weighted by Crippen LogP contribution is -2.09. The van der Waals surface area contributed by atoms with Gasteiger partial charge in [-0.25, -0.2) is 9.97 Å². The summed E-state index contributed by atoms with van der Waals surface area (Å²) >= 11 is 5.09. The third-order valence-electron chi connectivity index (χ3n) is 2.60. The van der Waals surface area contributed by atoms with E-state index >= 15 is 0 Å². The van der Waals surface area contributed by atoms with Crippen LogP contribution in [0.3, 0.4) is 0 Å². The Hall–Kier alpha value is -0.780. The summed E-state index contributed by atoms with van der Waals surface area (Å²) in [5.41, 5.74) is 8.82. The van der Waals surface area contributed by atoms with Crippen LogP contribution in [0.5, 0.6) is 0 Å². The van der Waals surface area contributed by atoms with Crippen LogP contribution in [0.25, 0.3) is 10.7 Å². The first-order valence-electron chi connectivity index (χ1n) is 5.40. The minimum absolute atomic E-state index is 0.634. The van der Waals surface area contributed by atoms with Gasteiger partial charge in [0.05, 0.1) is 4.88 Å². The lowest BCUT2D eigenvalue weighted by Gasteiger charge is -2.08. The molecule has 0 radical (unpaired) electrons. The summed E-state index contributed by atoms with van der Waals surface area (Å²) < 4.78 is 1.07. The molecule has 0 aromatic carbocycles. The number of halogens is 1. The van der Waals surface area contributed by atoms with E-state index < -0.39 is 0 Å². The van der Waals surface area contributed by atoms with Crippen LogP contribution in [0.2, 0.25) is 0 Å². The van der Waals surface area contributed by atoms with Crippen molar-refractivity contribution in [2.75, 3.05) is 6.54 Å². The molecule has 0 aliphatic carbocycles. The van der Waals surface area contributed by atoms with Crippen molar-refractivity contribution < 1.29 is 0 Å². The zero-order valence-electron chi connectivity index (χ0n) is 9.83. The molecule has 0 fully saturated rings. The molecule has 90 valence electrons. The fourth-order valence-electron chi connectivity index (χ4n) is 1.79. The highest BCUT2D eigenvalue weighted by Crippen LogP contribution is 2.28. The zero-order chi connectivity index (χ0) is 12.4. The van der Waals surface area contributed by atoms with Crippen LogP contribution >= 0.6 is 27.3 Å². The van der Waals surface area contributed by atoms with Gasteiger partial charge in [0.2, 0.25) is 0 Å². The Morgan fingerprint density at radius 2 is 1.94 bits per heavy atom. The van der Waals surface area contributed by atoms with Gasteiger partial charge < -0.3 is 5.73 Å². The largest absolute Gasteiger partial charge is 0.330 e. The second kappa shape index (κ2) is 5.25. The summed E-state index contributed by atoms with van der Waals surface area (Å²) in [5.74, 6) is 0.802. The van der Waals surface area contributed by atoms with Gasteiger partial charge in [-0.15, -0.1) is 11.3 Å². The minimum atomic E-state index is 0.634. The minimum Gasteiger partial charge on any atom is -0.330 e. The molecule has 2 aromatic rings. The topological polar surface area (TPSA) is 51.8 Å². The Kier molecular flexibility index (Phi) is 3.91. The molecule has 0 amide bonds. The van der Waals surface area contributed by atoms with E-state index in [4.69, 9.17) is 5.73 Å². The summed E-state index contributed by atoms with van der Waals surface area (Å²) in [5, 5.41) is 2.04. The third-order valence-corrected chi connectivity index (χ3v) is 4.29. The normalized spacial score (nSPS) is 10.8. The molecule has 0 bridgehead atoms. The summed E-state index contributed by atoms with van der Waals surface area (Å²) in [4.78, 5) is 10.2. The standard InChI is InChI=1S/C12H14BrN3S/c1-7-10(3-4-14)8(2)16-12(15-7)11-5-9(13)6-17-11/h5-6H,3-4,14H2,1-2H3. The van der Waals surface area contributed by atoms with E-state index in [0.717, 1.165) is 33.0 Å². The maximum atomic E-state index is 5.59. The van der Waals surface area contributed by atoms with Crippen LogP contribution in [0.4, 0.5) is 0 Å². The lowest BCUT2D eigenvalue weighted by atomic mass is 10.1. The van der Waals surface area contributed by atoms with Crippen LogP contribution in [0, 0.1) is 13.8 Å². The number of nitrogens with two attached hydrogens (primary N) is 1. The smallest absolute Gasteiger partial charge is 0.169 e. The van der Waals surface area contributed by atoms with Crippen molar-refractivity contribution in [3.63, 3.8) is 0 Å². The maximum Gasteiger partial charge on any atom is 0.169 e. The van der Waals surface area contributed by atoms with Crippen LogP contribution in [-0.4, -0.2) is 16.5 Å². The van der Waals surface area contributed by atoms with Gasteiger partial charge in [-0.05, 0) is 54.4 Å². The molecular formula is C12H14BrN3S. The van der Waals surface area contributed by atoms with E-state index in [1.165, 1.54) is 5.56 Å². The van der Waals surface area contributed by atoms with Crippen molar-refractivity contribution in [3.05, 3.63) is 32.9 Å². The van der Waals surface area contributed by atoms with E-state index in [2.05, 4.69) is 25.9 Å². The molecule has 0 saturated heterocycles. The van der Waals surface area contributed by atoms with Gasteiger partial charge in [0.1, 0.15) is 0 Å². The summed E-state index contributed by atoms with van der Waals surface area (Å²) in [7, 11) is 0. The molecule has 17 heavy (non-hydrogen) atoms. The van der Waals surface area contributed by atoms with Crippen LogP contribution in [0.15, 0.2) is 15.9 Å². The Balaban J connectivity index is 2.45. The van der Waals surface area contributed by atoms with E-state index in [-0.39, 0.29) is 0 Å². The highest BCUT2D eigenvalue weighted by Gasteiger charge is 2.10. The number of aromatic nitrogens is 2. The van der Waals surface area contributed by atoms with Crippen molar-refractivity contribution in [1.29, 1.82) is 0 Å². The fraction of sp³-hybridized carbons (Fsp3) is 0.333. The first-order chi connectivity index (χ1) is 8.11. The molecule has 0 aliphatic heterocycles. The molecule has 2 heterocycles. The number of aryl methyl sites for hydroxylation is 2. The second-order valence-corrected chi connectivity index (χ2v) is 5.69. The molecule has 3 nitrogen and oxygen atoms in total. The number of hydrogen-bond donors (Lipinski definition) is 1. The predicted octanol–water partition coefficient (Wildman–Crippen LogP) is 3.09. The van der Waals surface area contributed by atoms with Gasteiger partial charge in [-0.1, -0.05) is 0 Å². The molecule has 0 unspecified atom stereocenters. The molecule has 0 saturated carbocycles. The Morgan fingerprint density at radius 3 is 2.41 bits per heavy atom. The van der Waals surface area contributed by atoms with E-state index in [0.29, 0.717) is 6.54 Å². The first kappa shape index (κ1) is 12.7. The summed E-state index contributed by atoms with van der Waals surface area (Å²) in [6.45, 7) is 4.67. The predicted molar refractivity (Wildman–Crippen MR) is 75.3 cm³/mol. The number of thiophene rings is 1. The molecule has 5 heteroatoms. The third kappa shape index (κ3) is 2.73. The van der Waals surface area contributed by atoms with Gasteiger partial charge in [0.15, 0.2) is 5.82 Å². The average Bonchev–Trinajstić information content (AvgIpc) is 2.70. The van der Waals surface area contributed by atoms with Crippen molar-refractivity contribution in [2.45, 2.75) is 20.3 Å². The lowest BCUT2D eigenvalue weighted by molar-refractivity contribution is 0.899. The van der Waals surface area contributed by atoms with Crippen molar-refractivity contribution >= 4 is 27.3 Å². The fourth-order valence-corrected chi connectivity index (χ4v) is 3.15. The van der Waals surface area contributed by atoms with Gasteiger partial charge >= 0.3 is 0 Å². The van der Waals surface area contributed by atoms with Crippen LogP contribution in [-0.2, 0) is 6.42 Å². The van der Waals surface area contributed by atoms with Gasteiger partial charge in [-0.3, -0.25) is 0 Å². The van der Waals surface area contributed by atoms with Crippen LogP contribution in [0.1, 0.15) is 17.0 Å².